The van der Waals surface area contributed by atoms with Crippen LogP contribution >= 0.6 is 0 Å². The zero-order chi connectivity index (χ0) is 22.7. The highest BCUT2D eigenvalue weighted by molar-refractivity contribution is 5.81. The zero-order valence-corrected chi connectivity index (χ0v) is 19.1. The van der Waals surface area contributed by atoms with Gasteiger partial charge in [0.2, 0.25) is 5.95 Å². The van der Waals surface area contributed by atoms with E-state index in [2.05, 4.69) is 11.0 Å². The minimum Gasteiger partial charge on any atom is -0.341 e. The Bertz CT molecular complexity index is 1100. The summed E-state index contributed by atoms with van der Waals surface area (Å²) in [4.78, 5) is 33.3. The van der Waals surface area contributed by atoms with E-state index in [-0.39, 0.29) is 18.1 Å². The van der Waals surface area contributed by atoms with Gasteiger partial charge >= 0.3 is 5.69 Å². The third-order valence-corrected chi connectivity index (χ3v) is 5.82. The molecule has 31 heavy (non-hydrogen) atoms. The fourth-order valence-corrected chi connectivity index (χ4v) is 4.11. The predicted octanol–water partition coefficient (Wildman–Crippen LogP) is 2.00. The van der Waals surface area contributed by atoms with Crippen molar-refractivity contribution < 1.29 is 0 Å². The van der Waals surface area contributed by atoms with Crippen LogP contribution < -0.4 is 21.9 Å². The van der Waals surface area contributed by atoms with Crippen LogP contribution in [0.4, 0.5) is 5.95 Å². The number of nitrogens with two attached hydrogens (primary N) is 1. The Kier molecular flexibility index (Phi) is 7.15. The number of hydrogen-bond donors (Lipinski definition) is 2. The summed E-state index contributed by atoms with van der Waals surface area (Å²) in [6, 6.07) is 0.0653. The molecular formula is C22H35N7O2. The molecule has 0 amide bonds. The van der Waals surface area contributed by atoms with E-state index in [9.17, 15) is 9.59 Å². The summed E-state index contributed by atoms with van der Waals surface area (Å²) in [6.07, 6.45) is 5.94. The average Bonchev–Trinajstić information content (AvgIpc) is 3.10. The van der Waals surface area contributed by atoms with Crippen LogP contribution in [0.25, 0.3) is 11.2 Å². The van der Waals surface area contributed by atoms with Crippen LogP contribution in [0.5, 0.6) is 0 Å². The minimum atomic E-state index is -0.393. The van der Waals surface area contributed by atoms with E-state index in [1.54, 1.807) is 7.05 Å². The lowest BCUT2D eigenvalue weighted by atomic mass is 10.1. The molecule has 170 valence electrons. The summed E-state index contributed by atoms with van der Waals surface area (Å²) in [5.41, 5.74) is 7.98. The van der Waals surface area contributed by atoms with Gasteiger partial charge in [-0.1, -0.05) is 25.0 Å². The van der Waals surface area contributed by atoms with Crippen LogP contribution in [0, 0.1) is 5.41 Å². The second-order valence-electron chi connectivity index (χ2n) is 8.73. The Morgan fingerprint density at radius 3 is 2.65 bits per heavy atom. The quantitative estimate of drug-likeness (QED) is 0.492. The van der Waals surface area contributed by atoms with Gasteiger partial charge in [0.1, 0.15) is 0 Å². The first-order valence-corrected chi connectivity index (χ1v) is 11.1. The van der Waals surface area contributed by atoms with E-state index in [1.165, 1.54) is 9.13 Å². The molecule has 1 aliphatic rings. The molecule has 2 aromatic rings. The van der Waals surface area contributed by atoms with E-state index < -0.39 is 5.69 Å². The highest BCUT2D eigenvalue weighted by atomic mass is 16.2. The summed E-state index contributed by atoms with van der Waals surface area (Å²) >= 11 is 0. The molecule has 1 aliphatic heterocycles. The third kappa shape index (κ3) is 4.81. The Morgan fingerprint density at radius 2 is 2.00 bits per heavy atom. The monoisotopic (exact) mass is 429 g/mol. The lowest BCUT2D eigenvalue weighted by Crippen LogP contribution is -2.44. The molecule has 0 radical (unpaired) electrons. The molecule has 9 heteroatoms. The molecule has 2 aromatic heterocycles. The SMILES string of the molecule is CCCC(=N)CCn1c(=O)c2c(nc(N3CCCC(N)C3)n2CC=C(C)C)n(C)c1=O. The van der Waals surface area contributed by atoms with Crippen LogP contribution in [-0.4, -0.2) is 43.5 Å². The van der Waals surface area contributed by atoms with Gasteiger partial charge < -0.3 is 20.6 Å². The van der Waals surface area contributed by atoms with Gasteiger partial charge in [-0.2, -0.15) is 4.98 Å². The molecule has 1 fully saturated rings. The van der Waals surface area contributed by atoms with E-state index in [0.717, 1.165) is 31.4 Å². The number of fused-ring (bicyclic) bond motifs is 1. The van der Waals surface area contributed by atoms with Gasteiger partial charge in [-0.3, -0.25) is 13.9 Å². The fraction of sp³-hybridized carbons (Fsp3) is 0.636. The number of anilines is 1. The molecule has 0 aliphatic carbocycles. The van der Waals surface area contributed by atoms with Crippen molar-refractivity contribution in [3.8, 4) is 0 Å². The van der Waals surface area contributed by atoms with Crippen molar-refractivity contribution in [1.29, 1.82) is 5.41 Å². The number of piperidine rings is 1. The molecule has 0 aromatic carbocycles. The normalized spacial score (nSPS) is 16.7. The van der Waals surface area contributed by atoms with E-state index in [0.29, 0.717) is 48.8 Å². The minimum absolute atomic E-state index is 0.0653. The van der Waals surface area contributed by atoms with E-state index in [4.69, 9.17) is 16.1 Å². The van der Waals surface area contributed by atoms with Crippen molar-refractivity contribution in [2.24, 2.45) is 12.8 Å². The number of hydrogen-bond acceptors (Lipinski definition) is 6. The summed E-state index contributed by atoms with van der Waals surface area (Å²) in [6.45, 7) is 8.25. The van der Waals surface area contributed by atoms with Crippen LogP contribution in [0.1, 0.15) is 52.9 Å². The van der Waals surface area contributed by atoms with Gasteiger partial charge in [-0.05, 0) is 33.1 Å². The molecule has 0 saturated carbocycles. The van der Waals surface area contributed by atoms with Crippen molar-refractivity contribution in [2.75, 3.05) is 18.0 Å². The highest BCUT2D eigenvalue weighted by Gasteiger charge is 2.26. The first kappa shape index (κ1) is 23.0. The number of rotatable bonds is 8. The largest absolute Gasteiger partial charge is 0.341 e. The Labute approximate surface area is 182 Å². The van der Waals surface area contributed by atoms with Crippen molar-refractivity contribution in [3.63, 3.8) is 0 Å². The van der Waals surface area contributed by atoms with Crippen molar-refractivity contribution in [1.82, 2.24) is 18.7 Å². The van der Waals surface area contributed by atoms with Crippen LogP contribution in [0.2, 0.25) is 0 Å². The lowest BCUT2D eigenvalue weighted by Gasteiger charge is -2.31. The summed E-state index contributed by atoms with van der Waals surface area (Å²) in [5.74, 6) is 0.686. The molecule has 1 saturated heterocycles. The maximum absolute atomic E-state index is 13.5. The smallest absolute Gasteiger partial charge is 0.332 e. The molecule has 1 atom stereocenters. The van der Waals surface area contributed by atoms with E-state index >= 15 is 0 Å². The van der Waals surface area contributed by atoms with Gasteiger partial charge in [-0.15, -0.1) is 0 Å². The summed E-state index contributed by atoms with van der Waals surface area (Å²) in [7, 11) is 1.65. The topological polar surface area (TPSA) is 115 Å². The van der Waals surface area contributed by atoms with Crippen LogP contribution in [0.3, 0.4) is 0 Å². The number of aromatic nitrogens is 4. The molecule has 9 nitrogen and oxygen atoms in total. The highest BCUT2D eigenvalue weighted by Crippen LogP contribution is 2.23. The van der Waals surface area contributed by atoms with Crippen molar-refractivity contribution in [3.05, 3.63) is 32.5 Å². The van der Waals surface area contributed by atoms with E-state index in [1.807, 2.05) is 25.3 Å². The summed E-state index contributed by atoms with van der Waals surface area (Å²) < 4.78 is 4.61. The summed E-state index contributed by atoms with van der Waals surface area (Å²) in [5, 5.41) is 8.04. The maximum atomic E-state index is 13.5. The third-order valence-electron chi connectivity index (χ3n) is 5.82. The van der Waals surface area contributed by atoms with Gasteiger partial charge in [0, 0.05) is 51.4 Å². The Morgan fingerprint density at radius 1 is 1.26 bits per heavy atom. The Balaban J connectivity index is 2.16. The molecule has 3 rings (SSSR count). The fourth-order valence-electron chi connectivity index (χ4n) is 4.11. The average molecular weight is 430 g/mol. The van der Waals surface area contributed by atoms with Gasteiger partial charge in [0.05, 0.1) is 0 Å². The molecule has 1 unspecified atom stereocenters. The number of nitrogens with zero attached hydrogens (tertiary/aromatic N) is 5. The maximum Gasteiger partial charge on any atom is 0.332 e. The molecule has 0 spiro atoms. The molecule has 3 heterocycles. The number of imidazole rings is 1. The number of nitrogens with one attached hydrogen (secondary N) is 1. The van der Waals surface area contributed by atoms with Gasteiger partial charge in [-0.25, -0.2) is 4.79 Å². The van der Waals surface area contributed by atoms with Crippen molar-refractivity contribution >= 4 is 22.8 Å². The first-order chi connectivity index (χ1) is 14.7. The molecular weight excluding hydrogens is 394 g/mol. The first-order valence-electron chi connectivity index (χ1n) is 11.1. The zero-order valence-electron chi connectivity index (χ0n) is 19.1. The standard InChI is InChI=1S/C22H35N7O2/c1-5-7-16(23)10-13-29-20(30)18-19(26(4)22(29)31)25-21(28(18)12-9-15(2)3)27-11-6-8-17(24)14-27/h9,17,23H,5-8,10-14,24H2,1-4H3. The molecule has 3 N–H and O–H groups in total. The number of allylic oxidation sites excluding steroid dienone is 2. The van der Waals surface area contributed by atoms with Gasteiger partial charge in [0.15, 0.2) is 11.2 Å². The Hall–Kier alpha value is -2.68. The number of aryl methyl sites for hydroxylation is 1. The van der Waals surface area contributed by atoms with Crippen LogP contribution in [-0.2, 0) is 20.1 Å². The van der Waals surface area contributed by atoms with Crippen molar-refractivity contribution in [2.45, 2.75) is 72.0 Å². The predicted molar refractivity (Wildman–Crippen MR) is 125 cm³/mol. The lowest BCUT2D eigenvalue weighted by molar-refractivity contribution is 0.495. The second-order valence-corrected chi connectivity index (χ2v) is 8.73. The molecule has 0 bridgehead atoms. The second kappa shape index (κ2) is 9.64. The van der Waals surface area contributed by atoms with Crippen LogP contribution in [0.15, 0.2) is 21.2 Å². The van der Waals surface area contributed by atoms with Gasteiger partial charge in [0.25, 0.3) is 5.56 Å².